The predicted octanol–water partition coefficient (Wildman–Crippen LogP) is -2.41. The van der Waals surface area contributed by atoms with Gasteiger partial charge in [-0.25, -0.2) is 0 Å². The summed E-state index contributed by atoms with van der Waals surface area (Å²) in [4.78, 5) is 0. The monoisotopic (exact) mass is 320 g/mol. The van der Waals surface area contributed by atoms with Crippen molar-refractivity contribution < 1.29 is 51.0 Å². The Hall–Kier alpha value is 0.423. The van der Waals surface area contributed by atoms with Gasteiger partial charge in [0.15, 0.2) is 0 Å². The van der Waals surface area contributed by atoms with Gasteiger partial charge < -0.3 is 24.8 Å². The van der Waals surface area contributed by atoms with E-state index in [1.54, 1.807) is 0 Å². The second-order valence-corrected chi connectivity index (χ2v) is 3.02. The third-order valence-electron chi connectivity index (χ3n) is 1.97. The molecule has 0 bridgehead atoms. The Morgan fingerprint density at radius 2 is 1.60 bits per heavy atom. The molecule has 0 fully saturated rings. The van der Waals surface area contributed by atoms with Gasteiger partial charge >= 0.3 is 26.2 Å². The molecule has 1 rings (SSSR count). The van der Waals surface area contributed by atoms with E-state index in [-0.39, 0.29) is 51.0 Å². The fourth-order valence-corrected chi connectivity index (χ4v) is 1.26. The van der Waals surface area contributed by atoms with Crippen molar-refractivity contribution in [2.24, 2.45) is 0 Å². The van der Waals surface area contributed by atoms with Crippen LogP contribution in [0.2, 0.25) is 0 Å². The van der Waals surface area contributed by atoms with E-state index in [4.69, 9.17) is 0 Å². The summed E-state index contributed by atoms with van der Waals surface area (Å²) >= 11 is 0. The minimum atomic E-state index is 0. The zero-order valence-electron chi connectivity index (χ0n) is 8.76. The van der Waals surface area contributed by atoms with Crippen LogP contribution in [0.1, 0.15) is 24.8 Å². The summed E-state index contributed by atoms with van der Waals surface area (Å²) in [5.41, 5.74) is 1.45. The van der Waals surface area contributed by atoms with Crippen molar-refractivity contribution in [2.75, 3.05) is 0 Å². The van der Waals surface area contributed by atoms with Crippen molar-refractivity contribution in [3.05, 3.63) is 48.6 Å². The van der Waals surface area contributed by atoms with Crippen LogP contribution in [-0.4, -0.2) is 0 Å². The summed E-state index contributed by atoms with van der Waals surface area (Å²) in [7, 11) is 0. The average molecular weight is 322 g/mol. The quantitative estimate of drug-likeness (QED) is 0.419. The molecule has 1 aromatic carbocycles. The molecule has 0 heterocycles. The molecule has 0 atom stereocenters. The molecule has 0 spiro atoms. The molecule has 0 unspecified atom stereocenters. The number of unbranched alkanes of at least 4 members (excludes halogenated alkanes) is 2. The topological polar surface area (TPSA) is 0 Å². The zero-order valence-corrected chi connectivity index (χ0v) is 12.7. The molecule has 3 heteroatoms. The van der Waals surface area contributed by atoms with E-state index >= 15 is 0 Å². The average Bonchev–Trinajstić information content (AvgIpc) is 2.14. The van der Waals surface area contributed by atoms with Crippen LogP contribution >= 0.6 is 0 Å². The number of benzene rings is 1. The van der Waals surface area contributed by atoms with Crippen molar-refractivity contribution in [3.8, 4) is 0 Å². The summed E-state index contributed by atoms with van der Waals surface area (Å²) in [6.45, 7) is 3.71. The van der Waals surface area contributed by atoms with Crippen LogP contribution in [0.5, 0.6) is 0 Å². The summed E-state index contributed by atoms with van der Waals surface area (Å²) in [5.74, 6) is 0. The maximum Gasteiger partial charge on any atom is 4.00 e. The predicted molar refractivity (Wildman–Crippen MR) is 54.2 cm³/mol. The van der Waals surface area contributed by atoms with Gasteiger partial charge in [-0.1, -0.05) is 36.4 Å². The van der Waals surface area contributed by atoms with Gasteiger partial charge in [-0.3, -0.25) is 0 Å². The number of rotatable bonds is 5. The maximum absolute atomic E-state index is 3.71. The molecule has 0 aliphatic heterocycles. The van der Waals surface area contributed by atoms with E-state index < -0.39 is 0 Å². The van der Waals surface area contributed by atoms with Gasteiger partial charge in [0.05, 0.1) is 0 Å². The standard InChI is InChI=1S/C12H16.2ClH.Zr/c1-2-3-4-6-9-12-10-7-5-8-11-12;;;/h2,5,7-8,10-11H,1,3-4,6,9H2;2*1H;/q;;;+4/p-2. The van der Waals surface area contributed by atoms with Crippen LogP contribution in [0, 0.1) is 0 Å². The Labute approximate surface area is 124 Å². The van der Waals surface area contributed by atoms with E-state index in [0.29, 0.717) is 0 Å². The first-order valence-corrected chi connectivity index (χ1v) is 4.58. The second kappa shape index (κ2) is 14.4. The van der Waals surface area contributed by atoms with E-state index in [0.717, 1.165) is 6.42 Å². The molecular formula is C12H16Cl2Zr+2. The van der Waals surface area contributed by atoms with Crippen molar-refractivity contribution >= 4 is 0 Å². The molecule has 0 nitrogen and oxygen atoms in total. The minimum absolute atomic E-state index is 0. The van der Waals surface area contributed by atoms with E-state index in [9.17, 15) is 0 Å². The molecule has 1 aromatic rings. The fraction of sp³-hybridized carbons (Fsp3) is 0.333. The Kier molecular flexibility index (Phi) is 20.0. The van der Waals surface area contributed by atoms with Crippen molar-refractivity contribution in [3.63, 3.8) is 0 Å². The SMILES string of the molecule is C=CCCCCc1ccccc1.[Cl-].[Cl-].[Zr+4]. The molecule has 0 N–H and O–H groups in total. The Morgan fingerprint density at radius 1 is 1.00 bits per heavy atom. The molecule has 15 heavy (non-hydrogen) atoms. The number of hydrogen-bond acceptors (Lipinski definition) is 0. The van der Waals surface area contributed by atoms with E-state index in [1.165, 1.54) is 24.8 Å². The van der Waals surface area contributed by atoms with E-state index in [2.05, 4.69) is 36.9 Å². The van der Waals surface area contributed by atoms with Crippen LogP contribution < -0.4 is 24.8 Å². The second-order valence-electron chi connectivity index (χ2n) is 3.02. The van der Waals surface area contributed by atoms with Gasteiger partial charge in [-0.2, -0.15) is 0 Å². The van der Waals surface area contributed by atoms with Crippen molar-refractivity contribution in [2.45, 2.75) is 25.7 Å². The summed E-state index contributed by atoms with van der Waals surface area (Å²) in [6.07, 6.45) is 6.88. The molecular weight excluding hydrogens is 306 g/mol. The van der Waals surface area contributed by atoms with Gasteiger partial charge in [0.2, 0.25) is 0 Å². The van der Waals surface area contributed by atoms with Gasteiger partial charge in [0.1, 0.15) is 0 Å². The molecule has 0 aliphatic carbocycles. The third kappa shape index (κ3) is 10.7. The first-order valence-electron chi connectivity index (χ1n) is 4.58. The number of hydrogen-bond donors (Lipinski definition) is 0. The third-order valence-corrected chi connectivity index (χ3v) is 1.97. The molecule has 0 aliphatic rings. The van der Waals surface area contributed by atoms with Crippen LogP contribution in [0.3, 0.4) is 0 Å². The van der Waals surface area contributed by atoms with Crippen molar-refractivity contribution in [1.82, 2.24) is 0 Å². The molecule has 0 saturated carbocycles. The minimum Gasteiger partial charge on any atom is -1.00 e. The maximum atomic E-state index is 3.71. The molecule has 80 valence electrons. The Morgan fingerprint density at radius 3 is 2.13 bits per heavy atom. The first kappa shape index (κ1) is 20.8. The van der Waals surface area contributed by atoms with Gasteiger partial charge in [0.25, 0.3) is 0 Å². The molecule has 0 aromatic heterocycles. The zero-order chi connectivity index (χ0) is 8.65. The largest absolute Gasteiger partial charge is 4.00 e. The fourth-order valence-electron chi connectivity index (χ4n) is 1.26. The van der Waals surface area contributed by atoms with Gasteiger partial charge in [-0.15, -0.1) is 6.58 Å². The smallest absolute Gasteiger partial charge is 1.00 e. The van der Waals surface area contributed by atoms with Crippen LogP contribution in [0.15, 0.2) is 43.0 Å². The van der Waals surface area contributed by atoms with Crippen LogP contribution in [0.4, 0.5) is 0 Å². The van der Waals surface area contributed by atoms with Crippen molar-refractivity contribution in [1.29, 1.82) is 0 Å². The van der Waals surface area contributed by atoms with Gasteiger partial charge in [0, 0.05) is 0 Å². The molecule has 0 radical (unpaired) electrons. The normalized spacial score (nSPS) is 7.73. The van der Waals surface area contributed by atoms with Crippen LogP contribution in [-0.2, 0) is 32.6 Å². The van der Waals surface area contributed by atoms with Crippen LogP contribution in [0.25, 0.3) is 0 Å². The molecule has 0 saturated heterocycles. The molecule has 0 amide bonds. The Balaban J connectivity index is -0.000000480. The summed E-state index contributed by atoms with van der Waals surface area (Å²) in [5, 5.41) is 0. The van der Waals surface area contributed by atoms with Gasteiger partial charge in [-0.05, 0) is 31.2 Å². The summed E-state index contributed by atoms with van der Waals surface area (Å²) in [6, 6.07) is 10.6. The first-order chi connectivity index (χ1) is 5.93. The summed E-state index contributed by atoms with van der Waals surface area (Å²) < 4.78 is 0. The van der Waals surface area contributed by atoms with E-state index in [1.807, 2.05) is 6.08 Å². The number of allylic oxidation sites excluding steroid dienone is 1. The number of aryl methyl sites for hydroxylation is 1. The number of halogens is 2. The Bertz CT molecular complexity index is 224.